The summed E-state index contributed by atoms with van der Waals surface area (Å²) in [5, 5.41) is 0. The summed E-state index contributed by atoms with van der Waals surface area (Å²) in [5.41, 5.74) is 0.811. The molecule has 0 aliphatic rings. The van der Waals surface area contributed by atoms with Crippen molar-refractivity contribution in [1.82, 2.24) is 0 Å². The molecule has 0 aliphatic carbocycles. The second kappa shape index (κ2) is 6.61. The molecule has 1 heterocycles. The van der Waals surface area contributed by atoms with Crippen molar-refractivity contribution in [2.75, 3.05) is 13.2 Å². The summed E-state index contributed by atoms with van der Waals surface area (Å²) in [5.74, 6) is 0.0838. The van der Waals surface area contributed by atoms with Gasteiger partial charge in [-0.25, -0.2) is 0 Å². The number of hydrogen-bond donors (Lipinski definition) is 0. The molecule has 0 aliphatic heterocycles. The van der Waals surface area contributed by atoms with Gasteiger partial charge in [0.15, 0.2) is 5.78 Å². The number of allylic oxidation sites excluding steroid dienone is 1. The number of thiophene rings is 1. The molecule has 0 spiro atoms. The molecule has 0 aromatic carbocycles. The van der Waals surface area contributed by atoms with Crippen LogP contribution in [0.2, 0.25) is 0 Å². The van der Waals surface area contributed by atoms with Gasteiger partial charge in [-0.3, -0.25) is 4.79 Å². The first-order valence-electron chi connectivity index (χ1n) is 5.44. The van der Waals surface area contributed by atoms with Gasteiger partial charge in [0, 0.05) is 21.9 Å². The van der Waals surface area contributed by atoms with Crippen molar-refractivity contribution in [3.05, 3.63) is 34.0 Å². The normalized spacial score (nSPS) is 10.4. The highest BCUT2D eigenvalue weighted by Crippen LogP contribution is 2.20. The highest BCUT2D eigenvalue weighted by Gasteiger charge is 2.11. The smallest absolute Gasteiger partial charge is 0.189 e. The van der Waals surface area contributed by atoms with E-state index in [2.05, 4.69) is 6.58 Å². The summed E-state index contributed by atoms with van der Waals surface area (Å²) in [6.07, 6.45) is 3.72. The highest BCUT2D eigenvalue weighted by molar-refractivity contribution is 7.12. The predicted octanol–water partition coefficient (Wildman–Crippen LogP) is 3.53. The molecule has 0 fully saturated rings. The maximum atomic E-state index is 11.8. The number of aryl methyl sites for hydroxylation is 2. The Morgan fingerprint density at radius 3 is 2.88 bits per heavy atom. The molecule has 3 heteroatoms. The van der Waals surface area contributed by atoms with E-state index in [0.717, 1.165) is 23.3 Å². The lowest BCUT2D eigenvalue weighted by atomic mass is 10.2. The summed E-state index contributed by atoms with van der Waals surface area (Å²) in [7, 11) is 0. The zero-order chi connectivity index (χ0) is 12.0. The second-order valence-electron chi connectivity index (χ2n) is 3.73. The highest BCUT2D eigenvalue weighted by atomic mass is 32.1. The van der Waals surface area contributed by atoms with Gasteiger partial charge in [0.1, 0.15) is 6.61 Å². The number of Topliss-reactive ketones (excluding diaryl/α,β-unsaturated/α-hetero) is 1. The van der Waals surface area contributed by atoms with Gasteiger partial charge in [-0.2, -0.15) is 0 Å². The van der Waals surface area contributed by atoms with E-state index in [1.807, 2.05) is 26.0 Å². The fourth-order valence-corrected chi connectivity index (χ4v) is 2.42. The lowest BCUT2D eigenvalue weighted by Gasteiger charge is -2.02. The van der Waals surface area contributed by atoms with Crippen molar-refractivity contribution in [3.63, 3.8) is 0 Å². The standard InChI is InChI=1S/C13H18O2S/c1-4-5-6-7-15-9-13(14)12-8-10(2)16-11(12)3/h4,8H,1,5-7,9H2,2-3H3. The molecular formula is C13H18O2S. The molecule has 0 radical (unpaired) electrons. The van der Waals surface area contributed by atoms with Gasteiger partial charge in [0.25, 0.3) is 0 Å². The number of hydrogen-bond acceptors (Lipinski definition) is 3. The van der Waals surface area contributed by atoms with Gasteiger partial charge in [-0.15, -0.1) is 17.9 Å². The van der Waals surface area contributed by atoms with Gasteiger partial charge < -0.3 is 4.74 Å². The molecule has 0 saturated carbocycles. The van der Waals surface area contributed by atoms with E-state index in [9.17, 15) is 4.79 Å². The topological polar surface area (TPSA) is 26.3 Å². The van der Waals surface area contributed by atoms with Gasteiger partial charge >= 0.3 is 0 Å². The molecule has 0 amide bonds. The fourth-order valence-electron chi connectivity index (χ4n) is 1.48. The second-order valence-corrected chi connectivity index (χ2v) is 5.19. The van der Waals surface area contributed by atoms with Crippen LogP contribution in [0.4, 0.5) is 0 Å². The molecule has 0 bridgehead atoms. The Bertz CT molecular complexity index is 366. The summed E-state index contributed by atoms with van der Waals surface area (Å²) in [4.78, 5) is 14.0. The third kappa shape index (κ3) is 3.91. The maximum Gasteiger partial charge on any atom is 0.189 e. The van der Waals surface area contributed by atoms with Crippen LogP contribution < -0.4 is 0 Å². The van der Waals surface area contributed by atoms with E-state index in [1.165, 1.54) is 4.88 Å². The summed E-state index contributed by atoms with van der Waals surface area (Å²) in [6.45, 7) is 8.44. The number of carbonyl (C=O) groups excluding carboxylic acids is 1. The molecule has 0 atom stereocenters. The first kappa shape index (κ1) is 13.1. The predicted molar refractivity (Wildman–Crippen MR) is 68.4 cm³/mol. The molecule has 1 aromatic rings. The Balaban J connectivity index is 2.35. The van der Waals surface area contributed by atoms with Crippen molar-refractivity contribution in [2.45, 2.75) is 26.7 Å². The molecule has 1 aromatic heterocycles. The number of carbonyl (C=O) groups is 1. The number of ether oxygens (including phenoxy) is 1. The Hall–Kier alpha value is -0.930. The van der Waals surface area contributed by atoms with Crippen LogP contribution in [-0.4, -0.2) is 19.0 Å². The average Bonchev–Trinajstić information content (AvgIpc) is 2.57. The average molecular weight is 238 g/mol. The molecule has 0 unspecified atom stereocenters. The summed E-state index contributed by atoms with van der Waals surface area (Å²) >= 11 is 1.66. The maximum absolute atomic E-state index is 11.8. The van der Waals surface area contributed by atoms with Crippen LogP contribution in [0.3, 0.4) is 0 Å². The van der Waals surface area contributed by atoms with Crippen LogP contribution in [-0.2, 0) is 4.74 Å². The fraction of sp³-hybridized carbons (Fsp3) is 0.462. The van der Waals surface area contributed by atoms with Crippen molar-refractivity contribution in [1.29, 1.82) is 0 Å². The molecule has 2 nitrogen and oxygen atoms in total. The van der Waals surface area contributed by atoms with Crippen molar-refractivity contribution >= 4 is 17.1 Å². The minimum atomic E-state index is 0.0838. The Kier molecular flexibility index (Phi) is 5.43. The third-order valence-corrected chi connectivity index (χ3v) is 3.24. The first-order valence-corrected chi connectivity index (χ1v) is 6.25. The van der Waals surface area contributed by atoms with E-state index >= 15 is 0 Å². The van der Waals surface area contributed by atoms with Crippen LogP contribution >= 0.6 is 11.3 Å². The van der Waals surface area contributed by atoms with E-state index in [4.69, 9.17) is 4.74 Å². The minimum absolute atomic E-state index is 0.0838. The van der Waals surface area contributed by atoms with Gasteiger partial charge in [-0.1, -0.05) is 6.08 Å². The van der Waals surface area contributed by atoms with Crippen LogP contribution in [0.5, 0.6) is 0 Å². The Morgan fingerprint density at radius 2 is 2.31 bits per heavy atom. The SMILES string of the molecule is C=CCCCOCC(=O)c1cc(C)sc1C. The lowest BCUT2D eigenvalue weighted by Crippen LogP contribution is -2.09. The number of unbranched alkanes of at least 4 members (excludes halogenated alkanes) is 1. The molecule has 16 heavy (non-hydrogen) atoms. The largest absolute Gasteiger partial charge is 0.373 e. The van der Waals surface area contributed by atoms with Crippen LogP contribution in [0.1, 0.15) is 33.0 Å². The molecular weight excluding hydrogens is 220 g/mol. The first-order chi connectivity index (χ1) is 7.65. The van der Waals surface area contributed by atoms with E-state index in [0.29, 0.717) is 6.61 Å². The number of rotatable bonds is 7. The van der Waals surface area contributed by atoms with Crippen molar-refractivity contribution in [2.24, 2.45) is 0 Å². The number of ketones is 1. The molecule has 0 N–H and O–H groups in total. The van der Waals surface area contributed by atoms with E-state index in [-0.39, 0.29) is 12.4 Å². The monoisotopic (exact) mass is 238 g/mol. The Morgan fingerprint density at radius 1 is 1.56 bits per heavy atom. The van der Waals surface area contributed by atoms with Crippen molar-refractivity contribution in [3.8, 4) is 0 Å². The van der Waals surface area contributed by atoms with Crippen LogP contribution in [0.25, 0.3) is 0 Å². The lowest BCUT2D eigenvalue weighted by molar-refractivity contribution is 0.0756. The summed E-state index contributed by atoms with van der Waals surface area (Å²) < 4.78 is 5.32. The Labute approximate surface area is 101 Å². The molecule has 0 saturated heterocycles. The minimum Gasteiger partial charge on any atom is -0.373 e. The van der Waals surface area contributed by atoms with Gasteiger partial charge in [-0.05, 0) is 32.8 Å². The third-order valence-electron chi connectivity index (χ3n) is 2.27. The molecule has 88 valence electrons. The van der Waals surface area contributed by atoms with E-state index in [1.54, 1.807) is 11.3 Å². The van der Waals surface area contributed by atoms with E-state index < -0.39 is 0 Å². The zero-order valence-corrected chi connectivity index (χ0v) is 10.7. The van der Waals surface area contributed by atoms with Gasteiger partial charge in [0.2, 0.25) is 0 Å². The summed E-state index contributed by atoms with van der Waals surface area (Å²) in [6, 6.07) is 1.94. The van der Waals surface area contributed by atoms with Crippen LogP contribution in [0.15, 0.2) is 18.7 Å². The zero-order valence-electron chi connectivity index (χ0n) is 9.91. The van der Waals surface area contributed by atoms with Crippen LogP contribution in [0, 0.1) is 13.8 Å². The van der Waals surface area contributed by atoms with Gasteiger partial charge in [0.05, 0.1) is 0 Å². The van der Waals surface area contributed by atoms with Crippen molar-refractivity contribution < 1.29 is 9.53 Å². The quantitative estimate of drug-likeness (QED) is 0.412. The molecule has 1 rings (SSSR count).